The van der Waals surface area contributed by atoms with Gasteiger partial charge in [-0.15, -0.1) is 5.10 Å². The van der Waals surface area contributed by atoms with Gasteiger partial charge in [-0.2, -0.15) is 4.68 Å². The first-order valence-electron chi connectivity index (χ1n) is 5.91. The van der Waals surface area contributed by atoms with Gasteiger partial charge in [-0.05, 0) is 12.1 Å². The third-order valence-corrected chi connectivity index (χ3v) is 2.83. The fourth-order valence-electron chi connectivity index (χ4n) is 1.69. The summed E-state index contributed by atoms with van der Waals surface area (Å²) < 4.78 is 1.45. The smallest absolute Gasteiger partial charge is 0.339 e. The molecule has 0 saturated carbocycles. The van der Waals surface area contributed by atoms with Gasteiger partial charge in [-0.3, -0.25) is 0 Å². The molecule has 0 aliphatic heterocycles. The highest BCUT2D eigenvalue weighted by molar-refractivity contribution is 6.29. The lowest BCUT2D eigenvalue weighted by Gasteiger charge is -2.07. The van der Waals surface area contributed by atoms with Crippen LogP contribution in [0.15, 0.2) is 12.1 Å². The van der Waals surface area contributed by atoms with Crippen LogP contribution in [0.25, 0.3) is 5.82 Å². The van der Waals surface area contributed by atoms with E-state index in [4.69, 9.17) is 11.6 Å². The number of aromatic carboxylic acids is 1. The lowest BCUT2D eigenvalue weighted by Crippen LogP contribution is -2.11. The zero-order valence-electron chi connectivity index (χ0n) is 10.6. The minimum atomic E-state index is -1.07. The Morgan fingerprint density at radius 3 is 2.63 bits per heavy atom. The molecular weight excluding hydrogens is 268 g/mol. The second kappa shape index (κ2) is 5.36. The Hall–Kier alpha value is -1.95. The number of carboxylic acids is 1. The molecule has 0 saturated heterocycles. The molecule has 19 heavy (non-hydrogen) atoms. The van der Waals surface area contributed by atoms with Crippen LogP contribution in [0.2, 0.25) is 5.15 Å². The second-order valence-electron chi connectivity index (χ2n) is 3.87. The predicted molar refractivity (Wildman–Crippen MR) is 69.9 cm³/mol. The summed E-state index contributed by atoms with van der Waals surface area (Å²) in [4.78, 5) is 19.6. The van der Waals surface area contributed by atoms with E-state index >= 15 is 0 Å². The summed E-state index contributed by atoms with van der Waals surface area (Å²) in [6.07, 6.45) is 1.29. The van der Waals surface area contributed by atoms with Gasteiger partial charge in [0.25, 0.3) is 0 Å². The molecule has 1 N–H and O–H groups in total. The predicted octanol–water partition coefficient (Wildman–Crippen LogP) is 2.14. The number of nitrogens with zero attached hydrogens (tertiary/aromatic N) is 4. The van der Waals surface area contributed by atoms with Crippen molar-refractivity contribution >= 4 is 17.6 Å². The Kier molecular flexibility index (Phi) is 3.80. The lowest BCUT2D eigenvalue weighted by atomic mass is 10.2. The Morgan fingerprint density at radius 1 is 1.32 bits per heavy atom. The van der Waals surface area contributed by atoms with Crippen molar-refractivity contribution in [3.63, 3.8) is 0 Å². The number of hydrogen-bond donors (Lipinski definition) is 1. The first kappa shape index (κ1) is 13.5. The van der Waals surface area contributed by atoms with Crippen LogP contribution in [-0.2, 0) is 12.8 Å². The van der Waals surface area contributed by atoms with Crippen LogP contribution in [0, 0.1) is 0 Å². The van der Waals surface area contributed by atoms with Crippen LogP contribution in [0.5, 0.6) is 0 Å². The van der Waals surface area contributed by atoms with Crippen LogP contribution in [0.4, 0.5) is 0 Å². The first-order chi connectivity index (χ1) is 9.06. The largest absolute Gasteiger partial charge is 0.478 e. The lowest BCUT2D eigenvalue weighted by molar-refractivity contribution is 0.0696. The molecule has 0 radical (unpaired) electrons. The number of rotatable bonds is 4. The Morgan fingerprint density at radius 2 is 2.05 bits per heavy atom. The quantitative estimate of drug-likeness (QED) is 0.868. The summed E-state index contributed by atoms with van der Waals surface area (Å²) in [6.45, 7) is 3.85. The Balaban J connectivity index is 2.66. The molecule has 2 rings (SSSR count). The zero-order valence-corrected chi connectivity index (χ0v) is 11.3. The van der Waals surface area contributed by atoms with Crippen molar-refractivity contribution in [1.29, 1.82) is 0 Å². The molecule has 100 valence electrons. The number of aromatic nitrogens is 4. The molecule has 0 amide bonds. The number of halogens is 1. The van der Waals surface area contributed by atoms with Gasteiger partial charge in [0.05, 0.1) is 0 Å². The molecule has 0 fully saturated rings. The maximum absolute atomic E-state index is 11.2. The minimum absolute atomic E-state index is 0.0478. The average molecular weight is 281 g/mol. The highest BCUT2D eigenvalue weighted by atomic mass is 35.5. The molecule has 2 heterocycles. The summed E-state index contributed by atoms with van der Waals surface area (Å²) in [6, 6.07) is 2.86. The molecule has 7 heteroatoms. The monoisotopic (exact) mass is 280 g/mol. The topological polar surface area (TPSA) is 80.9 Å². The molecular formula is C12H13ClN4O2. The number of hydrogen-bond acceptors (Lipinski definition) is 4. The summed E-state index contributed by atoms with van der Waals surface area (Å²) in [5, 5.41) is 13.7. The highest BCUT2D eigenvalue weighted by Crippen LogP contribution is 2.17. The highest BCUT2D eigenvalue weighted by Gasteiger charge is 2.18. The van der Waals surface area contributed by atoms with Crippen molar-refractivity contribution in [3.8, 4) is 5.82 Å². The van der Waals surface area contributed by atoms with E-state index in [1.54, 1.807) is 0 Å². The number of pyridine rings is 1. The van der Waals surface area contributed by atoms with E-state index in [0.717, 1.165) is 0 Å². The van der Waals surface area contributed by atoms with Gasteiger partial charge in [-0.1, -0.05) is 25.4 Å². The van der Waals surface area contributed by atoms with E-state index < -0.39 is 5.97 Å². The molecule has 0 spiro atoms. The molecule has 0 bridgehead atoms. The summed E-state index contributed by atoms with van der Waals surface area (Å²) in [5.41, 5.74) is 0.0478. The van der Waals surface area contributed by atoms with E-state index in [2.05, 4.69) is 15.1 Å². The number of carboxylic acid groups (broad SMARTS) is 1. The molecule has 0 aromatic carbocycles. The number of carbonyl (C=O) groups is 1. The third kappa shape index (κ3) is 2.58. The fourth-order valence-corrected chi connectivity index (χ4v) is 1.84. The fraction of sp³-hybridized carbons (Fsp3) is 0.333. The van der Waals surface area contributed by atoms with E-state index in [0.29, 0.717) is 24.5 Å². The molecule has 6 nitrogen and oxygen atoms in total. The van der Waals surface area contributed by atoms with Crippen LogP contribution in [0.3, 0.4) is 0 Å². The van der Waals surface area contributed by atoms with Crippen LogP contribution in [0.1, 0.15) is 35.9 Å². The normalized spacial score (nSPS) is 10.7. The van der Waals surface area contributed by atoms with Crippen LogP contribution < -0.4 is 0 Å². The van der Waals surface area contributed by atoms with Gasteiger partial charge >= 0.3 is 5.97 Å². The van der Waals surface area contributed by atoms with Gasteiger partial charge in [0.2, 0.25) is 0 Å². The van der Waals surface area contributed by atoms with Crippen molar-refractivity contribution < 1.29 is 9.90 Å². The molecule has 0 unspecified atom stereocenters. The van der Waals surface area contributed by atoms with E-state index in [-0.39, 0.29) is 16.5 Å². The van der Waals surface area contributed by atoms with Gasteiger partial charge < -0.3 is 5.11 Å². The van der Waals surface area contributed by atoms with Crippen molar-refractivity contribution in [3.05, 3.63) is 34.5 Å². The standard InChI is InChI=1S/C12H13ClN4O2/c1-3-9-15-10(4-2)17(16-9)11-7(12(18)19)5-6-8(13)14-11/h5-6H,3-4H2,1-2H3,(H,18,19). The minimum Gasteiger partial charge on any atom is -0.478 e. The molecule has 0 atom stereocenters. The van der Waals surface area contributed by atoms with E-state index in [1.807, 2.05) is 13.8 Å². The molecule has 2 aromatic heterocycles. The van der Waals surface area contributed by atoms with Gasteiger partial charge in [-0.25, -0.2) is 14.8 Å². The number of aryl methyl sites for hydroxylation is 2. The maximum atomic E-state index is 11.2. The van der Waals surface area contributed by atoms with Crippen LogP contribution >= 0.6 is 11.6 Å². The Bertz CT molecular complexity index is 624. The third-order valence-electron chi connectivity index (χ3n) is 2.62. The van der Waals surface area contributed by atoms with Gasteiger partial charge in [0.15, 0.2) is 11.6 Å². The first-order valence-corrected chi connectivity index (χ1v) is 6.29. The van der Waals surface area contributed by atoms with Crippen molar-refractivity contribution in [1.82, 2.24) is 19.7 Å². The summed E-state index contributed by atoms with van der Waals surface area (Å²) >= 11 is 5.84. The summed E-state index contributed by atoms with van der Waals surface area (Å²) in [5.74, 6) is 0.433. The Labute approximate surface area is 115 Å². The van der Waals surface area contributed by atoms with Crippen molar-refractivity contribution in [2.24, 2.45) is 0 Å². The molecule has 0 aliphatic carbocycles. The molecule has 2 aromatic rings. The van der Waals surface area contributed by atoms with E-state index in [9.17, 15) is 9.90 Å². The molecule has 0 aliphatic rings. The summed E-state index contributed by atoms with van der Waals surface area (Å²) in [7, 11) is 0. The maximum Gasteiger partial charge on any atom is 0.339 e. The van der Waals surface area contributed by atoms with Crippen molar-refractivity contribution in [2.75, 3.05) is 0 Å². The second-order valence-corrected chi connectivity index (χ2v) is 4.26. The van der Waals surface area contributed by atoms with Gasteiger partial charge in [0, 0.05) is 12.8 Å². The van der Waals surface area contributed by atoms with Crippen LogP contribution in [-0.4, -0.2) is 30.8 Å². The SMILES string of the molecule is CCc1nc(CC)n(-c2nc(Cl)ccc2C(=O)O)n1. The van der Waals surface area contributed by atoms with Gasteiger partial charge in [0.1, 0.15) is 16.5 Å². The van der Waals surface area contributed by atoms with Crippen molar-refractivity contribution in [2.45, 2.75) is 26.7 Å². The average Bonchev–Trinajstić information content (AvgIpc) is 2.81. The zero-order chi connectivity index (χ0) is 14.0. The van der Waals surface area contributed by atoms with E-state index in [1.165, 1.54) is 16.8 Å².